The molecule has 34 heavy (non-hydrogen) atoms. The molecule has 4 saturated carbocycles. The molecule has 0 saturated heterocycles. The molecule has 9 nitrogen and oxygen atoms in total. The van der Waals surface area contributed by atoms with Crippen LogP contribution in [0.2, 0.25) is 0 Å². The van der Waals surface area contributed by atoms with Crippen molar-refractivity contribution in [1.29, 1.82) is 0 Å². The van der Waals surface area contributed by atoms with Crippen molar-refractivity contribution in [3.63, 3.8) is 0 Å². The van der Waals surface area contributed by atoms with E-state index in [9.17, 15) is 9.59 Å². The number of aromatic nitrogens is 2. The van der Waals surface area contributed by atoms with Crippen molar-refractivity contribution in [1.82, 2.24) is 20.4 Å². The third kappa shape index (κ3) is 5.40. The molecule has 0 spiro atoms. The first-order valence-corrected chi connectivity index (χ1v) is 12.6. The molecule has 1 aromatic heterocycles. The Bertz CT molecular complexity index is 881. The summed E-state index contributed by atoms with van der Waals surface area (Å²) in [7, 11) is 1.44. The summed E-state index contributed by atoms with van der Waals surface area (Å²) in [4.78, 5) is 25.6. The first-order valence-electron chi connectivity index (χ1n) is 12.6. The van der Waals surface area contributed by atoms with E-state index >= 15 is 0 Å². The number of carbonyl (C=O) groups is 2. The maximum atomic E-state index is 13.4. The highest BCUT2D eigenvalue weighted by molar-refractivity contribution is 5.96. The zero-order valence-corrected chi connectivity index (χ0v) is 20.6. The first kappa shape index (κ1) is 24.6. The number of hydrogen-bond donors (Lipinski definition) is 3. The predicted octanol–water partition coefficient (Wildman–Crippen LogP) is 2.08. The number of nitrogens with one attached hydrogen (secondary N) is 2. The molecule has 5 rings (SSSR count). The molecular weight excluding hydrogens is 434 g/mol. The van der Waals surface area contributed by atoms with Gasteiger partial charge in [-0.15, -0.1) is 0 Å². The molecule has 4 fully saturated rings. The summed E-state index contributed by atoms with van der Waals surface area (Å²) < 4.78 is 12.9. The zero-order valence-electron chi connectivity index (χ0n) is 20.6. The lowest BCUT2D eigenvalue weighted by Crippen LogP contribution is -2.55. The highest BCUT2D eigenvalue weighted by atomic mass is 16.5. The Balaban J connectivity index is 1.49. The van der Waals surface area contributed by atoms with Crippen LogP contribution >= 0.6 is 0 Å². The normalized spacial score (nSPS) is 27.7. The molecule has 188 valence electrons. The first-order chi connectivity index (χ1) is 16.4. The van der Waals surface area contributed by atoms with Crippen molar-refractivity contribution in [2.24, 2.45) is 35.3 Å². The maximum absolute atomic E-state index is 13.4. The Labute approximate surface area is 201 Å². The summed E-state index contributed by atoms with van der Waals surface area (Å²) in [5, 5.41) is 10.4. The lowest BCUT2D eigenvalue weighted by atomic mass is 9.54. The minimum Gasteiger partial charge on any atom is -0.491 e. The smallest absolute Gasteiger partial charge is 0.286 e. The van der Waals surface area contributed by atoms with Crippen molar-refractivity contribution in [3.8, 4) is 5.88 Å². The Morgan fingerprint density at radius 1 is 1.21 bits per heavy atom. The number of methoxy groups -OCH3 is 1. The molecule has 1 aromatic rings. The molecular formula is C25H39N5O4. The summed E-state index contributed by atoms with van der Waals surface area (Å²) in [5.41, 5.74) is 5.89. The van der Waals surface area contributed by atoms with E-state index in [0.29, 0.717) is 43.0 Å². The van der Waals surface area contributed by atoms with Gasteiger partial charge in [0.15, 0.2) is 5.76 Å². The summed E-state index contributed by atoms with van der Waals surface area (Å²) in [6.45, 7) is 5.51. The fourth-order valence-electron chi connectivity index (χ4n) is 6.16. The van der Waals surface area contributed by atoms with E-state index in [4.69, 9.17) is 15.2 Å². The molecule has 4 N–H and O–H groups in total. The Hall–Kier alpha value is -2.55. The van der Waals surface area contributed by atoms with Gasteiger partial charge in [0, 0.05) is 19.1 Å². The van der Waals surface area contributed by atoms with E-state index in [1.807, 2.05) is 0 Å². The van der Waals surface area contributed by atoms with Crippen molar-refractivity contribution >= 4 is 11.8 Å². The second-order valence-corrected chi connectivity index (χ2v) is 10.5. The fraction of sp³-hybridized carbons (Fsp3) is 0.720. The van der Waals surface area contributed by atoms with E-state index < -0.39 is 0 Å². The third-order valence-electron chi connectivity index (χ3n) is 7.44. The number of rotatable bonds is 11. The molecule has 2 amide bonds. The summed E-state index contributed by atoms with van der Waals surface area (Å²) in [6.07, 6.45) is 9.54. The van der Waals surface area contributed by atoms with E-state index in [2.05, 4.69) is 29.6 Å². The van der Waals surface area contributed by atoms with Gasteiger partial charge in [0.25, 0.3) is 11.8 Å². The lowest BCUT2D eigenvalue weighted by Gasteiger charge is -2.54. The highest BCUT2D eigenvalue weighted by Gasteiger charge is 2.48. The lowest BCUT2D eigenvalue weighted by molar-refractivity contribution is -0.120. The van der Waals surface area contributed by atoms with E-state index in [-0.39, 0.29) is 36.1 Å². The average Bonchev–Trinajstić information content (AvgIpc) is 3.21. The van der Waals surface area contributed by atoms with Gasteiger partial charge in [-0.3, -0.25) is 9.59 Å². The number of ether oxygens (including phenoxy) is 2. The quantitative estimate of drug-likeness (QED) is 0.334. The van der Waals surface area contributed by atoms with Crippen molar-refractivity contribution in [2.75, 3.05) is 26.8 Å². The average molecular weight is 474 g/mol. The second-order valence-electron chi connectivity index (χ2n) is 10.5. The molecule has 4 aliphatic rings. The topological polar surface area (TPSA) is 121 Å². The minimum absolute atomic E-state index is 0.126. The largest absolute Gasteiger partial charge is 0.491 e. The van der Waals surface area contributed by atoms with Crippen LogP contribution in [0.25, 0.3) is 0 Å². The van der Waals surface area contributed by atoms with Gasteiger partial charge in [-0.05, 0) is 67.8 Å². The molecule has 0 radical (unpaired) electrons. The van der Waals surface area contributed by atoms with Crippen LogP contribution in [0.3, 0.4) is 0 Å². The molecule has 0 aliphatic heterocycles. The van der Waals surface area contributed by atoms with Gasteiger partial charge < -0.3 is 25.8 Å². The van der Waals surface area contributed by atoms with Crippen LogP contribution in [0.4, 0.5) is 0 Å². The highest BCUT2D eigenvalue weighted by Crippen LogP contribution is 2.53. The van der Waals surface area contributed by atoms with Crippen LogP contribution in [0.15, 0.2) is 18.0 Å². The van der Waals surface area contributed by atoms with Crippen LogP contribution in [-0.4, -0.2) is 54.4 Å². The number of nitrogens with zero attached hydrogens (tertiary/aromatic N) is 2. The van der Waals surface area contributed by atoms with Gasteiger partial charge in [-0.2, -0.15) is 5.10 Å². The van der Waals surface area contributed by atoms with E-state index in [1.165, 1.54) is 39.2 Å². The van der Waals surface area contributed by atoms with Crippen LogP contribution in [-0.2, 0) is 16.1 Å². The Morgan fingerprint density at radius 2 is 1.88 bits per heavy atom. The van der Waals surface area contributed by atoms with Crippen LogP contribution in [0.5, 0.6) is 5.88 Å². The van der Waals surface area contributed by atoms with Crippen molar-refractivity contribution in [3.05, 3.63) is 23.6 Å². The second kappa shape index (κ2) is 10.8. The monoisotopic (exact) mass is 473 g/mol. The standard InChI is InChI=1S/C25H39N5O4/c1-15(2)14-34-25-20(13-28-30(25)7-4-21(33-3)24(32)27-6-5-26)23(31)29-22-18-9-16-8-17(11-18)12-19(22)10-16/h4,13,15-19,22H,5-12,14,26H2,1-3H3,(H,27,32)(H,29,31)/b21-4-. The number of nitrogens with two attached hydrogens (primary N) is 1. The molecule has 1 heterocycles. The molecule has 0 aromatic carbocycles. The zero-order chi connectivity index (χ0) is 24.2. The number of allylic oxidation sites excluding steroid dienone is 1. The van der Waals surface area contributed by atoms with Crippen LogP contribution in [0, 0.1) is 29.6 Å². The van der Waals surface area contributed by atoms with Gasteiger partial charge in [0.05, 0.1) is 26.5 Å². The molecule has 0 atom stereocenters. The Kier molecular flexibility index (Phi) is 7.80. The van der Waals surface area contributed by atoms with E-state index in [0.717, 1.165) is 11.8 Å². The number of carbonyl (C=O) groups excluding carboxylic acids is 2. The number of hydrogen-bond acceptors (Lipinski definition) is 6. The van der Waals surface area contributed by atoms with Crippen molar-refractivity contribution in [2.45, 2.75) is 58.5 Å². The van der Waals surface area contributed by atoms with Crippen molar-refractivity contribution < 1.29 is 19.1 Å². The molecule has 4 bridgehead atoms. The van der Waals surface area contributed by atoms with Gasteiger partial charge >= 0.3 is 0 Å². The van der Waals surface area contributed by atoms with Gasteiger partial charge in [-0.25, -0.2) is 4.68 Å². The molecule has 0 unspecified atom stereocenters. The van der Waals surface area contributed by atoms with Crippen LogP contribution in [0.1, 0.15) is 56.3 Å². The molecule has 9 heteroatoms. The Morgan fingerprint density at radius 3 is 2.47 bits per heavy atom. The summed E-state index contributed by atoms with van der Waals surface area (Å²) >= 11 is 0. The summed E-state index contributed by atoms with van der Waals surface area (Å²) in [5.74, 6) is 3.30. The minimum atomic E-state index is -0.343. The van der Waals surface area contributed by atoms with Gasteiger partial charge in [0.2, 0.25) is 5.88 Å². The number of amides is 2. The van der Waals surface area contributed by atoms with Gasteiger partial charge in [0.1, 0.15) is 5.56 Å². The SMILES string of the molecule is CO/C(=C\Cn1ncc(C(=O)NC2C3CC4CC(C3)CC2C4)c1OCC(C)C)C(=O)NCCN. The third-order valence-corrected chi connectivity index (χ3v) is 7.44. The van der Waals surface area contributed by atoms with E-state index in [1.54, 1.807) is 17.0 Å². The van der Waals surface area contributed by atoms with Crippen LogP contribution < -0.4 is 21.1 Å². The molecule has 4 aliphatic carbocycles. The predicted molar refractivity (Wildman–Crippen MR) is 128 cm³/mol. The fourth-order valence-corrected chi connectivity index (χ4v) is 6.16. The van der Waals surface area contributed by atoms with Gasteiger partial charge in [-0.1, -0.05) is 13.8 Å². The summed E-state index contributed by atoms with van der Waals surface area (Å²) in [6, 6.07) is 0.243. The maximum Gasteiger partial charge on any atom is 0.286 e.